The van der Waals surface area contributed by atoms with E-state index in [-0.39, 0.29) is 5.91 Å². The summed E-state index contributed by atoms with van der Waals surface area (Å²) in [6.07, 6.45) is 2.56. The molecule has 1 aliphatic rings. The van der Waals surface area contributed by atoms with Crippen LogP contribution < -0.4 is 5.32 Å². The molecular formula is C16H16BrNO. The Balaban J connectivity index is 1.77. The fraction of sp³-hybridized carbons (Fsp3) is 0.312. The van der Waals surface area contributed by atoms with Crippen molar-refractivity contribution in [2.45, 2.75) is 17.7 Å². The molecule has 19 heavy (non-hydrogen) atoms. The number of halogens is 1. The number of rotatable bonds is 4. The normalized spacial score (nSPS) is 16.3. The van der Waals surface area contributed by atoms with Gasteiger partial charge in [-0.1, -0.05) is 52.3 Å². The molecule has 0 saturated heterocycles. The quantitative estimate of drug-likeness (QED) is 0.855. The Morgan fingerprint density at radius 3 is 2.74 bits per heavy atom. The van der Waals surface area contributed by atoms with Crippen molar-refractivity contribution < 1.29 is 4.79 Å². The molecule has 0 aromatic heterocycles. The second-order valence-corrected chi connectivity index (χ2v) is 6.27. The van der Waals surface area contributed by atoms with Gasteiger partial charge in [0.05, 0.1) is 0 Å². The molecule has 0 radical (unpaired) electrons. The maximum absolute atomic E-state index is 12.3. The molecule has 1 saturated carbocycles. The minimum absolute atomic E-state index is 0.0156. The Kier molecular flexibility index (Phi) is 3.56. The highest BCUT2D eigenvalue weighted by atomic mass is 79.9. The fourth-order valence-corrected chi connectivity index (χ4v) is 3.02. The lowest BCUT2D eigenvalue weighted by Gasteiger charge is -2.11. The number of nitrogens with one attached hydrogen (secondary N) is 1. The predicted molar refractivity (Wildman–Crippen MR) is 81.7 cm³/mol. The zero-order valence-electron chi connectivity index (χ0n) is 10.6. The standard InChI is InChI=1S/C16H16BrNO/c17-15(12-8-9-12)10-18-16(19)14-7-3-5-11-4-1-2-6-13(11)14/h1-7,12,15H,8-10H2,(H,18,19). The molecule has 2 aromatic carbocycles. The van der Waals surface area contributed by atoms with Crippen molar-refractivity contribution in [2.24, 2.45) is 5.92 Å². The Morgan fingerprint density at radius 1 is 1.21 bits per heavy atom. The maximum atomic E-state index is 12.3. The third-order valence-corrected chi connectivity index (χ3v) is 4.70. The van der Waals surface area contributed by atoms with Crippen molar-refractivity contribution in [2.75, 3.05) is 6.54 Å². The van der Waals surface area contributed by atoms with Crippen molar-refractivity contribution in [1.29, 1.82) is 0 Å². The van der Waals surface area contributed by atoms with Gasteiger partial charge in [0, 0.05) is 16.9 Å². The van der Waals surface area contributed by atoms with Gasteiger partial charge >= 0.3 is 0 Å². The van der Waals surface area contributed by atoms with E-state index in [1.807, 2.05) is 42.5 Å². The molecule has 2 nitrogen and oxygen atoms in total. The molecule has 1 unspecified atom stereocenters. The number of fused-ring (bicyclic) bond motifs is 1. The first-order valence-electron chi connectivity index (χ1n) is 6.66. The summed E-state index contributed by atoms with van der Waals surface area (Å²) in [4.78, 5) is 12.7. The van der Waals surface area contributed by atoms with E-state index >= 15 is 0 Å². The average molecular weight is 318 g/mol. The van der Waals surface area contributed by atoms with Crippen LogP contribution in [0.2, 0.25) is 0 Å². The summed E-state index contributed by atoms with van der Waals surface area (Å²) < 4.78 is 0. The fourth-order valence-electron chi connectivity index (χ4n) is 2.33. The molecule has 1 amide bonds. The molecule has 1 aliphatic carbocycles. The highest BCUT2D eigenvalue weighted by molar-refractivity contribution is 9.09. The molecule has 0 bridgehead atoms. The summed E-state index contributed by atoms with van der Waals surface area (Å²) in [5.74, 6) is 0.759. The highest BCUT2D eigenvalue weighted by Crippen LogP contribution is 2.36. The molecular weight excluding hydrogens is 302 g/mol. The van der Waals surface area contributed by atoms with Crippen LogP contribution in [0, 0.1) is 5.92 Å². The predicted octanol–water partition coefficient (Wildman–Crippen LogP) is 3.74. The highest BCUT2D eigenvalue weighted by Gasteiger charge is 2.29. The van der Waals surface area contributed by atoms with E-state index in [4.69, 9.17) is 0 Å². The molecule has 98 valence electrons. The Morgan fingerprint density at radius 2 is 1.95 bits per heavy atom. The van der Waals surface area contributed by atoms with E-state index in [1.165, 1.54) is 12.8 Å². The average Bonchev–Trinajstić information content (AvgIpc) is 3.28. The summed E-state index contributed by atoms with van der Waals surface area (Å²) >= 11 is 3.64. The first kappa shape index (κ1) is 12.7. The zero-order chi connectivity index (χ0) is 13.2. The van der Waals surface area contributed by atoms with Gasteiger partial charge in [-0.25, -0.2) is 0 Å². The van der Waals surface area contributed by atoms with Crippen molar-refractivity contribution in [3.8, 4) is 0 Å². The minimum Gasteiger partial charge on any atom is -0.351 e. The van der Waals surface area contributed by atoms with Crippen LogP contribution in [0.3, 0.4) is 0 Å². The summed E-state index contributed by atoms with van der Waals surface area (Å²) in [5.41, 5.74) is 0.758. The van der Waals surface area contributed by atoms with Crippen LogP contribution in [0.1, 0.15) is 23.2 Å². The lowest BCUT2D eigenvalue weighted by molar-refractivity contribution is 0.0955. The second-order valence-electron chi connectivity index (χ2n) is 5.09. The molecule has 0 spiro atoms. The SMILES string of the molecule is O=C(NCC(Br)C1CC1)c1cccc2ccccc12. The molecule has 3 heteroatoms. The van der Waals surface area contributed by atoms with Gasteiger partial charge in [-0.2, -0.15) is 0 Å². The number of hydrogen-bond donors (Lipinski definition) is 1. The van der Waals surface area contributed by atoms with E-state index in [2.05, 4.69) is 21.2 Å². The molecule has 0 heterocycles. The first-order valence-corrected chi connectivity index (χ1v) is 7.57. The molecule has 1 atom stereocenters. The van der Waals surface area contributed by atoms with Gasteiger partial charge in [0.25, 0.3) is 5.91 Å². The molecule has 1 N–H and O–H groups in total. The lowest BCUT2D eigenvalue weighted by atomic mass is 10.0. The van der Waals surface area contributed by atoms with Crippen molar-refractivity contribution in [3.63, 3.8) is 0 Å². The van der Waals surface area contributed by atoms with E-state index in [0.29, 0.717) is 11.4 Å². The van der Waals surface area contributed by atoms with Crippen molar-refractivity contribution in [3.05, 3.63) is 48.0 Å². The van der Waals surface area contributed by atoms with Gasteiger partial charge in [0.1, 0.15) is 0 Å². The molecule has 2 aromatic rings. The molecule has 3 rings (SSSR count). The van der Waals surface area contributed by atoms with Gasteiger partial charge in [0.15, 0.2) is 0 Å². The third kappa shape index (κ3) is 2.81. The summed E-state index contributed by atoms with van der Waals surface area (Å²) in [7, 11) is 0. The summed E-state index contributed by atoms with van der Waals surface area (Å²) in [5, 5.41) is 5.14. The molecule has 0 aliphatic heterocycles. The lowest BCUT2D eigenvalue weighted by Crippen LogP contribution is -2.30. The molecule has 1 fully saturated rings. The largest absolute Gasteiger partial charge is 0.351 e. The van der Waals surface area contributed by atoms with Crippen molar-refractivity contribution in [1.82, 2.24) is 5.32 Å². The Hall–Kier alpha value is -1.35. The van der Waals surface area contributed by atoms with E-state index in [9.17, 15) is 4.79 Å². The number of alkyl halides is 1. The van der Waals surface area contributed by atoms with Crippen LogP contribution in [0.15, 0.2) is 42.5 Å². The van der Waals surface area contributed by atoms with Crippen LogP contribution in [0.5, 0.6) is 0 Å². The second kappa shape index (κ2) is 5.33. The monoisotopic (exact) mass is 317 g/mol. The van der Waals surface area contributed by atoms with E-state index in [0.717, 1.165) is 22.3 Å². The van der Waals surface area contributed by atoms with E-state index < -0.39 is 0 Å². The number of carbonyl (C=O) groups is 1. The summed E-state index contributed by atoms with van der Waals surface area (Å²) in [6, 6.07) is 13.8. The van der Waals surface area contributed by atoms with Gasteiger partial charge < -0.3 is 5.32 Å². The number of benzene rings is 2. The Labute approximate surface area is 121 Å². The smallest absolute Gasteiger partial charge is 0.251 e. The van der Waals surface area contributed by atoms with Gasteiger partial charge in [-0.05, 0) is 35.6 Å². The van der Waals surface area contributed by atoms with Crippen LogP contribution in [-0.4, -0.2) is 17.3 Å². The summed E-state index contributed by atoms with van der Waals surface area (Å²) in [6.45, 7) is 0.701. The van der Waals surface area contributed by atoms with E-state index in [1.54, 1.807) is 0 Å². The third-order valence-electron chi connectivity index (χ3n) is 3.63. The van der Waals surface area contributed by atoms with Crippen LogP contribution in [-0.2, 0) is 0 Å². The van der Waals surface area contributed by atoms with Crippen LogP contribution >= 0.6 is 15.9 Å². The van der Waals surface area contributed by atoms with Gasteiger partial charge in [-0.3, -0.25) is 4.79 Å². The topological polar surface area (TPSA) is 29.1 Å². The number of carbonyl (C=O) groups excluding carboxylic acids is 1. The van der Waals surface area contributed by atoms with Gasteiger partial charge in [0.2, 0.25) is 0 Å². The van der Waals surface area contributed by atoms with Gasteiger partial charge in [-0.15, -0.1) is 0 Å². The van der Waals surface area contributed by atoms with Crippen molar-refractivity contribution >= 4 is 32.6 Å². The maximum Gasteiger partial charge on any atom is 0.251 e. The van der Waals surface area contributed by atoms with Crippen LogP contribution in [0.4, 0.5) is 0 Å². The number of amides is 1. The zero-order valence-corrected chi connectivity index (χ0v) is 12.2. The first-order chi connectivity index (χ1) is 9.25. The van der Waals surface area contributed by atoms with Crippen LogP contribution in [0.25, 0.3) is 10.8 Å². The minimum atomic E-state index is 0.0156. The Bertz CT molecular complexity index is 601. The number of hydrogen-bond acceptors (Lipinski definition) is 1.